The molecule has 2 amide bonds. The molecule has 2 aromatic heterocycles. The molecule has 0 bridgehead atoms. The molecule has 2 N–H and O–H groups in total. The van der Waals surface area contributed by atoms with Crippen LogP contribution in [0.1, 0.15) is 4.88 Å². The number of ether oxygens (including phenoxy) is 2. The van der Waals surface area contributed by atoms with Crippen molar-refractivity contribution < 1.29 is 14.3 Å². The lowest BCUT2D eigenvalue weighted by Gasteiger charge is -2.16. The highest BCUT2D eigenvalue weighted by Gasteiger charge is 2.17. The van der Waals surface area contributed by atoms with E-state index in [1.165, 1.54) is 15.9 Å². The van der Waals surface area contributed by atoms with Crippen LogP contribution in [0.4, 0.5) is 16.3 Å². The summed E-state index contributed by atoms with van der Waals surface area (Å²) in [6, 6.07) is 15.7. The minimum absolute atomic E-state index is 0.156. The number of aromatic nitrogens is 2. The van der Waals surface area contributed by atoms with E-state index < -0.39 is 11.7 Å². The number of anilines is 2. The second-order valence-electron chi connectivity index (χ2n) is 6.57. The number of para-hydroxylation sites is 1. The molecule has 5 rings (SSSR count). The summed E-state index contributed by atoms with van der Waals surface area (Å²) in [7, 11) is 0. The molecule has 9 heteroatoms. The van der Waals surface area contributed by atoms with Crippen LogP contribution in [0.2, 0.25) is 0 Å². The van der Waals surface area contributed by atoms with Crippen molar-refractivity contribution in [3.05, 3.63) is 75.3 Å². The number of urea groups is 1. The Morgan fingerprint density at radius 3 is 2.80 bits per heavy atom. The summed E-state index contributed by atoms with van der Waals surface area (Å²) in [5.74, 6) is 1.58. The molecule has 3 heterocycles. The van der Waals surface area contributed by atoms with Crippen molar-refractivity contribution in [2.24, 2.45) is 0 Å². The Labute approximate surface area is 174 Å². The van der Waals surface area contributed by atoms with E-state index in [-0.39, 0.29) is 6.79 Å². The molecule has 0 saturated heterocycles. The summed E-state index contributed by atoms with van der Waals surface area (Å²) in [5.41, 5.74) is 0.631. The average Bonchev–Trinajstić information content (AvgIpc) is 3.42. The molecule has 0 spiro atoms. The molecule has 4 aromatic rings. The van der Waals surface area contributed by atoms with E-state index in [1.54, 1.807) is 30.3 Å². The zero-order valence-electron chi connectivity index (χ0n) is 15.6. The van der Waals surface area contributed by atoms with Crippen molar-refractivity contribution in [2.45, 2.75) is 6.54 Å². The van der Waals surface area contributed by atoms with Crippen LogP contribution < -0.4 is 25.8 Å². The number of carbonyl (C=O) groups is 1. The van der Waals surface area contributed by atoms with Gasteiger partial charge in [-0.15, -0.1) is 11.3 Å². The number of hydrogen-bond donors (Lipinski definition) is 2. The maximum absolute atomic E-state index is 12.8. The number of fused-ring (bicyclic) bond motifs is 2. The van der Waals surface area contributed by atoms with E-state index >= 15 is 0 Å². The van der Waals surface area contributed by atoms with Gasteiger partial charge in [-0.2, -0.15) is 4.98 Å². The molecule has 0 fully saturated rings. The van der Waals surface area contributed by atoms with Crippen molar-refractivity contribution in [3.63, 3.8) is 0 Å². The summed E-state index contributed by atoms with van der Waals surface area (Å²) in [6.07, 6.45) is 0. The maximum Gasteiger partial charge on any atom is 0.350 e. The third-order valence-electron chi connectivity index (χ3n) is 4.63. The predicted octanol–water partition coefficient (Wildman–Crippen LogP) is 3.88. The van der Waals surface area contributed by atoms with Crippen LogP contribution in [0.25, 0.3) is 10.9 Å². The van der Waals surface area contributed by atoms with E-state index in [2.05, 4.69) is 15.6 Å². The molecule has 0 saturated carbocycles. The van der Waals surface area contributed by atoms with E-state index in [4.69, 9.17) is 9.47 Å². The van der Waals surface area contributed by atoms with Gasteiger partial charge >= 0.3 is 11.7 Å². The molecular weight excluding hydrogens is 404 g/mol. The zero-order valence-corrected chi connectivity index (χ0v) is 16.4. The molecule has 0 atom stereocenters. The van der Waals surface area contributed by atoms with Crippen molar-refractivity contribution in [3.8, 4) is 11.5 Å². The van der Waals surface area contributed by atoms with Crippen LogP contribution in [0.5, 0.6) is 11.5 Å². The van der Waals surface area contributed by atoms with Crippen LogP contribution in [0, 0.1) is 0 Å². The second kappa shape index (κ2) is 7.53. The Kier molecular flexibility index (Phi) is 4.56. The largest absolute Gasteiger partial charge is 0.454 e. The van der Waals surface area contributed by atoms with Crippen LogP contribution in [-0.2, 0) is 6.54 Å². The van der Waals surface area contributed by atoms with Crippen molar-refractivity contribution in [2.75, 3.05) is 17.4 Å². The number of hydrogen-bond acceptors (Lipinski definition) is 6. The minimum Gasteiger partial charge on any atom is -0.454 e. The Balaban J connectivity index is 1.49. The zero-order chi connectivity index (χ0) is 20.5. The van der Waals surface area contributed by atoms with Crippen LogP contribution in [0.15, 0.2) is 64.8 Å². The van der Waals surface area contributed by atoms with Gasteiger partial charge in [0.2, 0.25) is 6.79 Å². The number of amides is 2. The fraction of sp³-hybridized carbons (Fsp3) is 0.0952. The number of nitrogens with one attached hydrogen (secondary N) is 2. The van der Waals surface area contributed by atoms with Gasteiger partial charge in [0.1, 0.15) is 5.82 Å². The molecule has 0 radical (unpaired) electrons. The molecule has 150 valence electrons. The van der Waals surface area contributed by atoms with E-state index in [0.29, 0.717) is 40.5 Å². The standard InChI is InChI=1S/C21H16N4O4S/c26-20(22-13-7-8-17-18(10-13)29-12-28-17)24-19-15-5-1-2-6-16(15)23-21(27)25(19)11-14-4-3-9-30-14/h1-10H,11-12H2,(H2,22,24,26). The molecule has 1 aliphatic rings. The quantitative estimate of drug-likeness (QED) is 0.523. The van der Waals surface area contributed by atoms with Gasteiger partial charge in [-0.3, -0.25) is 9.88 Å². The lowest BCUT2D eigenvalue weighted by atomic mass is 10.2. The summed E-state index contributed by atoms with van der Waals surface area (Å²) >= 11 is 1.53. The number of carbonyl (C=O) groups excluding carboxylic acids is 1. The molecule has 1 aliphatic heterocycles. The van der Waals surface area contributed by atoms with Gasteiger partial charge in [-0.05, 0) is 35.7 Å². The summed E-state index contributed by atoms with van der Waals surface area (Å²) in [5, 5.41) is 8.21. The Hall–Kier alpha value is -3.85. The minimum atomic E-state index is -0.482. The Morgan fingerprint density at radius 1 is 1.07 bits per heavy atom. The fourth-order valence-corrected chi connectivity index (χ4v) is 3.95. The van der Waals surface area contributed by atoms with Gasteiger partial charge in [-0.1, -0.05) is 18.2 Å². The van der Waals surface area contributed by atoms with E-state index in [0.717, 1.165) is 4.88 Å². The molecular formula is C21H16N4O4S. The van der Waals surface area contributed by atoms with Crippen LogP contribution in [0.3, 0.4) is 0 Å². The summed E-state index contributed by atoms with van der Waals surface area (Å²) in [6.45, 7) is 0.469. The molecule has 30 heavy (non-hydrogen) atoms. The lowest BCUT2D eigenvalue weighted by Crippen LogP contribution is -2.30. The highest BCUT2D eigenvalue weighted by atomic mass is 32.1. The number of rotatable bonds is 4. The normalized spacial score (nSPS) is 12.1. The third-order valence-corrected chi connectivity index (χ3v) is 5.49. The highest BCUT2D eigenvalue weighted by molar-refractivity contribution is 7.09. The first-order valence-electron chi connectivity index (χ1n) is 9.17. The molecule has 2 aromatic carbocycles. The maximum atomic E-state index is 12.8. The van der Waals surface area contributed by atoms with Gasteiger partial charge in [0.05, 0.1) is 12.1 Å². The van der Waals surface area contributed by atoms with Crippen LogP contribution >= 0.6 is 11.3 Å². The van der Waals surface area contributed by atoms with E-state index in [9.17, 15) is 9.59 Å². The Morgan fingerprint density at radius 2 is 1.93 bits per heavy atom. The number of benzene rings is 2. The van der Waals surface area contributed by atoms with Gasteiger partial charge in [0.25, 0.3) is 0 Å². The van der Waals surface area contributed by atoms with Crippen molar-refractivity contribution >= 4 is 39.8 Å². The van der Waals surface area contributed by atoms with Crippen molar-refractivity contribution in [1.29, 1.82) is 0 Å². The lowest BCUT2D eigenvalue weighted by molar-refractivity contribution is 0.174. The third kappa shape index (κ3) is 3.46. The SMILES string of the molecule is O=C(Nc1ccc2c(c1)OCO2)Nc1c2ccccc2nc(=O)n1Cc1cccs1. The first kappa shape index (κ1) is 18.2. The smallest absolute Gasteiger partial charge is 0.350 e. The van der Waals surface area contributed by atoms with Crippen LogP contribution in [-0.4, -0.2) is 22.4 Å². The van der Waals surface area contributed by atoms with Gasteiger partial charge in [-0.25, -0.2) is 9.59 Å². The molecule has 0 aliphatic carbocycles. The number of thiophene rings is 1. The summed E-state index contributed by atoms with van der Waals surface area (Å²) < 4.78 is 12.1. The number of nitrogens with zero attached hydrogens (tertiary/aromatic N) is 2. The second-order valence-corrected chi connectivity index (χ2v) is 7.61. The fourth-order valence-electron chi connectivity index (χ4n) is 3.26. The average molecular weight is 420 g/mol. The molecule has 0 unspecified atom stereocenters. The highest BCUT2D eigenvalue weighted by Crippen LogP contribution is 2.34. The van der Waals surface area contributed by atoms with Crippen molar-refractivity contribution in [1.82, 2.24) is 9.55 Å². The first-order valence-corrected chi connectivity index (χ1v) is 10.0. The monoisotopic (exact) mass is 420 g/mol. The van der Waals surface area contributed by atoms with Gasteiger partial charge in [0, 0.05) is 22.0 Å². The first-order chi connectivity index (χ1) is 14.7. The topological polar surface area (TPSA) is 94.5 Å². The van der Waals surface area contributed by atoms with Gasteiger partial charge in [0.15, 0.2) is 11.5 Å². The Bertz CT molecular complexity index is 1300. The van der Waals surface area contributed by atoms with E-state index in [1.807, 2.05) is 29.6 Å². The van der Waals surface area contributed by atoms with Gasteiger partial charge < -0.3 is 14.8 Å². The summed E-state index contributed by atoms with van der Waals surface area (Å²) in [4.78, 5) is 30.6. The predicted molar refractivity (Wildman–Crippen MR) is 115 cm³/mol. The molecule has 8 nitrogen and oxygen atoms in total.